The topological polar surface area (TPSA) is 86.5 Å². The summed E-state index contributed by atoms with van der Waals surface area (Å²) in [4.78, 5) is 17.8. The van der Waals surface area contributed by atoms with E-state index < -0.39 is 5.97 Å². The average molecular weight is 365 g/mol. The van der Waals surface area contributed by atoms with Crippen molar-refractivity contribution in [2.24, 2.45) is 0 Å². The Balaban J connectivity index is 1.65. The van der Waals surface area contributed by atoms with E-state index in [-0.39, 0.29) is 18.1 Å². The number of nitrogens with zero attached hydrogens (tertiary/aromatic N) is 2. The van der Waals surface area contributed by atoms with E-state index in [1.54, 1.807) is 29.2 Å². The third kappa shape index (κ3) is 2.62. The average Bonchev–Trinajstić information content (AvgIpc) is 3.21. The molecule has 0 atom stereocenters. The Hall–Kier alpha value is -3.19. The minimum atomic E-state index is -0.413. The zero-order chi connectivity index (χ0) is 18.3. The number of nitrogens with one attached hydrogen (secondary N) is 1. The van der Waals surface area contributed by atoms with Crippen LogP contribution in [0.4, 0.5) is 5.69 Å². The fourth-order valence-electron chi connectivity index (χ4n) is 2.90. The Kier molecular flexibility index (Phi) is 3.93. The number of esters is 1. The molecule has 2 heterocycles. The van der Waals surface area contributed by atoms with Crippen LogP contribution >= 0.6 is 11.3 Å². The molecule has 4 rings (SSSR count). The first-order chi connectivity index (χ1) is 12.6. The van der Waals surface area contributed by atoms with Gasteiger partial charge in [0.05, 0.1) is 35.0 Å². The quantitative estimate of drug-likeness (QED) is 0.689. The van der Waals surface area contributed by atoms with Gasteiger partial charge >= 0.3 is 5.97 Å². The number of fused-ring (bicyclic) bond motifs is 1. The molecule has 130 valence electrons. The summed E-state index contributed by atoms with van der Waals surface area (Å²) in [6.07, 6.45) is 0. The predicted molar refractivity (Wildman–Crippen MR) is 102 cm³/mol. The number of thiazole rings is 1. The maximum Gasteiger partial charge on any atom is 0.337 e. The van der Waals surface area contributed by atoms with E-state index in [2.05, 4.69) is 4.98 Å². The first-order valence-corrected chi connectivity index (χ1v) is 8.73. The van der Waals surface area contributed by atoms with Crippen molar-refractivity contribution in [2.45, 2.75) is 0 Å². The number of benzene rings is 2. The summed E-state index contributed by atoms with van der Waals surface area (Å²) in [7, 11) is 1.33. The molecule has 1 aliphatic heterocycles. The summed E-state index contributed by atoms with van der Waals surface area (Å²) in [5.41, 5.74) is 2.44. The molecule has 0 saturated heterocycles. The molecule has 7 heteroatoms. The van der Waals surface area contributed by atoms with Crippen molar-refractivity contribution in [1.82, 2.24) is 4.98 Å². The molecule has 1 aromatic heterocycles. The van der Waals surface area contributed by atoms with Crippen molar-refractivity contribution < 1.29 is 14.6 Å². The Bertz CT molecular complexity index is 1020. The van der Waals surface area contributed by atoms with Crippen molar-refractivity contribution in [1.29, 1.82) is 5.41 Å². The number of amidine groups is 1. The highest BCUT2D eigenvalue weighted by molar-refractivity contribution is 7.19. The van der Waals surface area contributed by atoms with E-state index in [4.69, 9.17) is 10.1 Å². The molecule has 6 nitrogen and oxygen atoms in total. The van der Waals surface area contributed by atoms with Gasteiger partial charge < -0.3 is 14.7 Å². The van der Waals surface area contributed by atoms with Crippen LogP contribution in [-0.4, -0.2) is 35.5 Å². The molecule has 26 heavy (non-hydrogen) atoms. The highest BCUT2D eigenvalue weighted by Gasteiger charge is 2.31. The molecule has 2 N–H and O–H groups in total. The van der Waals surface area contributed by atoms with Crippen LogP contribution in [0.15, 0.2) is 54.3 Å². The molecule has 0 fully saturated rings. The van der Waals surface area contributed by atoms with E-state index in [1.165, 1.54) is 18.4 Å². The number of carbonyl (C=O) groups excluding carboxylic acids is 1. The zero-order valence-electron chi connectivity index (χ0n) is 13.9. The molecule has 0 bridgehead atoms. The number of aliphatic hydroxyl groups is 1. The van der Waals surface area contributed by atoms with Crippen LogP contribution in [0.2, 0.25) is 0 Å². The van der Waals surface area contributed by atoms with Crippen molar-refractivity contribution in [3.05, 3.63) is 64.9 Å². The molecule has 0 amide bonds. The van der Waals surface area contributed by atoms with Crippen LogP contribution in [0.5, 0.6) is 0 Å². The lowest BCUT2D eigenvalue weighted by molar-refractivity contribution is 0.0601. The third-order valence-electron chi connectivity index (χ3n) is 4.21. The van der Waals surface area contributed by atoms with Gasteiger partial charge in [-0.3, -0.25) is 5.41 Å². The Morgan fingerprint density at radius 2 is 1.96 bits per heavy atom. The van der Waals surface area contributed by atoms with Crippen LogP contribution in [0.1, 0.15) is 15.4 Å². The van der Waals surface area contributed by atoms with Crippen LogP contribution < -0.4 is 4.90 Å². The van der Waals surface area contributed by atoms with Gasteiger partial charge in [-0.25, -0.2) is 9.78 Å². The lowest BCUT2D eigenvalue weighted by Crippen LogP contribution is -2.26. The zero-order valence-corrected chi connectivity index (χ0v) is 14.7. The monoisotopic (exact) mass is 365 g/mol. The number of hydrogen-bond acceptors (Lipinski definition) is 6. The van der Waals surface area contributed by atoms with E-state index in [0.717, 1.165) is 10.2 Å². The first-order valence-electron chi connectivity index (χ1n) is 7.91. The van der Waals surface area contributed by atoms with Gasteiger partial charge in [0.25, 0.3) is 0 Å². The van der Waals surface area contributed by atoms with Crippen LogP contribution in [0.3, 0.4) is 0 Å². The fraction of sp³-hybridized carbons (Fsp3) is 0.105. The lowest BCUT2D eigenvalue weighted by Gasteiger charge is -2.18. The van der Waals surface area contributed by atoms with Gasteiger partial charge in [-0.05, 0) is 36.4 Å². The number of carbonyl (C=O) groups is 1. The van der Waals surface area contributed by atoms with Crippen LogP contribution in [-0.2, 0) is 4.74 Å². The van der Waals surface area contributed by atoms with Crippen molar-refractivity contribution in [3.8, 4) is 0 Å². The van der Waals surface area contributed by atoms with Crippen molar-refractivity contribution in [2.75, 3.05) is 18.6 Å². The third-order valence-corrected chi connectivity index (χ3v) is 5.26. The predicted octanol–water partition coefficient (Wildman–Crippen LogP) is 3.85. The van der Waals surface area contributed by atoms with Gasteiger partial charge in [0.2, 0.25) is 0 Å². The normalized spacial score (nSPS) is 14.3. The molecule has 0 saturated carbocycles. The van der Waals surface area contributed by atoms with Crippen molar-refractivity contribution in [3.63, 3.8) is 0 Å². The molecular weight excluding hydrogens is 350 g/mol. The fourth-order valence-corrected chi connectivity index (χ4v) is 3.93. The van der Waals surface area contributed by atoms with Gasteiger partial charge in [0, 0.05) is 5.69 Å². The summed E-state index contributed by atoms with van der Waals surface area (Å²) < 4.78 is 5.70. The van der Waals surface area contributed by atoms with Gasteiger partial charge in [-0.1, -0.05) is 12.1 Å². The Morgan fingerprint density at radius 3 is 2.65 bits per heavy atom. The molecule has 0 spiro atoms. The molecular formula is C19H15N3O3S. The molecule has 1 aliphatic rings. The lowest BCUT2D eigenvalue weighted by atomic mass is 10.2. The number of ether oxygens (including phenoxy) is 1. The molecule has 0 unspecified atom stereocenters. The largest absolute Gasteiger partial charge is 0.510 e. The maximum atomic E-state index is 11.6. The van der Waals surface area contributed by atoms with E-state index in [0.29, 0.717) is 21.8 Å². The molecule has 0 radical (unpaired) electrons. The maximum absolute atomic E-state index is 11.6. The highest BCUT2D eigenvalue weighted by Crippen LogP contribution is 2.35. The van der Waals surface area contributed by atoms with E-state index in [1.807, 2.05) is 24.3 Å². The number of aliphatic hydroxyl groups excluding tert-OH is 1. The second kappa shape index (κ2) is 6.27. The SMILES string of the molecule is COC(=O)c1ccc(N2CC(O)=C(c3nc4ccccc4s3)C2=N)cc1. The highest BCUT2D eigenvalue weighted by atomic mass is 32.1. The standard InChI is InChI=1S/C19H15N3O3S/c1-25-19(24)11-6-8-12(9-7-11)22-10-14(23)16(17(22)20)18-21-13-4-2-3-5-15(13)26-18/h2-9,20,23H,10H2,1H3. The van der Waals surface area contributed by atoms with Crippen LogP contribution in [0, 0.1) is 5.41 Å². The second-order valence-corrected chi connectivity index (χ2v) is 6.81. The first kappa shape index (κ1) is 16.3. The van der Waals surface area contributed by atoms with Crippen molar-refractivity contribution >= 4 is 44.6 Å². The summed E-state index contributed by atoms with van der Waals surface area (Å²) in [6.45, 7) is 0.196. The minimum Gasteiger partial charge on any atom is -0.510 e. The Labute approximate surface area is 153 Å². The number of methoxy groups -OCH3 is 1. The summed E-state index contributed by atoms with van der Waals surface area (Å²) in [6, 6.07) is 14.5. The summed E-state index contributed by atoms with van der Waals surface area (Å²) >= 11 is 1.45. The number of para-hydroxylation sites is 1. The van der Waals surface area contributed by atoms with E-state index >= 15 is 0 Å². The molecule has 0 aliphatic carbocycles. The van der Waals surface area contributed by atoms with Gasteiger partial charge in [0.1, 0.15) is 16.6 Å². The Morgan fingerprint density at radius 1 is 1.23 bits per heavy atom. The molecule has 2 aromatic carbocycles. The number of hydrogen-bond donors (Lipinski definition) is 2. The molecule has 3 aromatic rings. The summed E-state index contributed by atoms with van der Waals surface area (Å²) in [5, 5.41) is 19.6. The number of aromatic nitrogens is 1. The second-order valence-electron chi connectivity index (χ2n) is 5.78. The van der Waals surface area contributed by atoms with Gasteiger partial charge in [0.15, 0.2) is 0 Å². The van der Waals surface area contributed by atoms with Gasteiger partial charge in [-0.15, -0.1) is 11.3 Å². The summed E-state index contributed by atoms with van der Waals surface area (Å²) in [5.74, 6) is -0.109. The van der Waals surface area contributed by atoms with Crippen LogP contribution in [0.25, 0.3) is 15.8 Å². The number of rotatable bonds is 3. The van der Waals surface area contributed by atoms with Gasteiger partial charge in [-0.2, -0.15) is 0 Å². The minimum absolute atomic E-state index is 0.117. The van der Waals surface area contributed by atoms with E-state index in [9.17, 15) is 9.90 Å². The number of anilines is 1. The smallest absolute Gasteiger partial charge is 0.337 e.